The smallest absolute Gasteiger partial charge is 0.228 e. The second-order valence-corrected chi connectivity index (χ2v) is 4.07. The summed E-state index contributed by atoms with van der Waals surface area (Å²) in [6.45, 7) is 4.62. The molecule has 1 aromatic carbocycles. The minimum absolute atomic E-state index is 0.0679. The number of carbonyl (C=O) groups excluding carboxylic acids is 1. The molecule has 17 heavy (non-hydrogen) atoms. The van der Waals surface area contributed by atoms with E-state index in [4.69, 9.17) is 10.5 Å². The SMILES string of the molecule is C=CCOc1cccc(N2CC(N)CC2=O)c1. The number of hydrogen-bond donors (Lipinski definition) is 1. The number of rotatable bonds is 4. The molecule has 0 spiro atoms. The van der Waals surface area contributed by atoms with E-state index >= 15 is 0 Å². The van der Waals surface area contributed by atoms with E-state index in [2.05, 4.69) is 6.58 Å². The molecule has 1 unspecified atom stereocenters. The lowest BCUT2D eigenvalue weighted by molar-refractivity contribution is -0.117. The number of amides is 1. The van der Waals surface area contributed by atoms with E-state index < -0.39 is 0 Å². The first-order valence-electron chi connectivity index (χ1n) is 5.60. The lowest BCUT2D eigenvalue weighted by Gasteiger charge is -2.17. The average Bonchev–Trinajstić information content (AvgIpc) is 2.66. The van der Waals surface area contributed by atoms with Crippen LogP contribution < -0.4 is 15.4 Å². The molecule has 2 N–H and O–H groups in total. The predicted octanol–water partition coefficient (Wildman–Crippen LogP) is 1.32. The number of hydrogen-bond acceptors (Lipinski definition) is 3. The van der Waals surface area contributed by atoms with Crippen LogP contribution in [0.1, 0.15) is 6.42 Å². The van der Waals surface area contributed by atoms with Crippen molar-refractivity contribution < 1.29 is 9.53 Å². The largest absolute Gasteiger partial charge is 0.489 e. The van der Waals surface area contributed by atoms with Gasteiger partial charge in [-0.3, -0.25) is 4.79 Å². The summed E-state index contributed by atoms with van der Waals surface area (Å²) in [5.41, 5.74) is 6.60. The summed E-state index contributed by atoms with van der Waals surface area (Å²) in [5.74, 6) is 0.800. The highest BCUT2D eigenvalue weighted by Gasteiger charge is 2.28. The second-order valence-electron chi connectivity index (χ2n) is 4.07. The van der Waals surface area contributed by atoms with Gasteiger partial charge in [-0.25, -0.2) is 0 Å². The van der Waals surface area contributed by atoms with Gasteiger partial charge in [-0.2, -0.15) is 0 Å². The van der Waals surface area contributed by atoms with Crippen LogP contribution in [0.4, 0.5) is 5.69 Å². The Balaban J connectivity index is 2.15. The summed E-state index contributed by atoms with van der Waals surface area (Å²) in [4.78, 5) is 13.4. The van der Waals surface area contributed by atoms with Crippen molar-refractivity contribution >= 4 is 11.6 Å². The maximum Gasteiger partial charge on any atom is 0.228 e. The summed E-state index contributed by atoms with van der Waals surface area (Å²) < 4.78 is 5.43. The Morgan fingerprint density at radius 3 is 3.06 bits per heavy atom. The third-order valence-corrected chi connectivity index (χ3v) is 2.65. The van der Waals surface area contributed by atoms with Gasteiger partial charge in [0.25, 0.3) is 0 Å². The zero-order chi connectivity index (χ0) is 12.3. The average molecular weight is 232 g/mol. The van der Waals surface area contributed by atoms with Crippen LogP contribution in [0.3, 0.4) is 0 Å². The summed E-state index contributed by atoms with van der Waals surface area (Å²) in [7, 11) is 0. The van der Waals surface area contributed by atoms with E-state index in [0.717, 1.165) is 11.4 Å². The van der Waals surface area contributed by atoms with Crippen molar-refractivity contribution in [2.45, 2.75) is 12.5 Å². The summed E-state index contributed by atoms with van der Waals surface area (Å²) in [6, 6.07) is 7.38. The van der Waals surface area contributed by atoms with Crippen molar-refractivity contribution in [2.24, 2.45) is 5.73 Å². The van der Waals surface area contributed by atoms with Crippen LogP contribution in [0.2, 0.25) is 0 Å². The van der Waals surface area contributed by atoms with Gasteiger partial charge in [-0.1, -0.05) is 18.7 Å². The fourth-order valence-electron chi connectivity index (χ4n) is 1.88. The third-order valence-electron chi connectivity index (χ3n) is 2.65. The summed E-state index contributed by atoms with van der Waals surface area (Å²) in [5, 5.41) is 0. The van der Waals surface area contributed by atoms with E-state index in [1.165, 1.54) is 0 Å². The first-order valence-corrected chi connectivity index (χ1v) is 5.60. The van der Waals surface area contributed by atoms with Crippen molar-refractivity contribution in [1.29, 1.82) is 0 Å². The van der Waals surface area contributed by atoms with E-state index in [1.807, 2.05) is 24.3 Å². The number of nitrogens with two attached hydrogens (primary N) is 1. The molecule has 4 heteroatoms. The van der Waals surface area contributed by atoms with Gasteiger partial charge in [0.05, 0.1) is 0 Å². The molecule has 1 aliphatic heterocycles. The van der Waals surface area contributed by atoms with Crippen LogP contribution in [0.5, 0.6) is 5.75 Å². The molecule has 0 aromatic heterocycles. The van der Waals surface area contributed by atoms with E-state index in [0.29, 0.717) is 19.6 Å². The van der Waals surface area contributed by atoms with Gasteiger partial charge in [0.1, 0.15) is 12.4 Å². The van der Waals surface area contributed by atoms with Gasteiger partial charge in [0.15, 0.2) is 0 Å². The fraction of sp³-hybridized carbons (Fsp3) is 0.308. The normalized spacial score (nSPS) is 19.5. The Hall–Kier alpha value is -1.81. The molecule has 90 valence electrons. The van der Waals surface area contributed by atoms with Crippen molar-refractivity contribution in [3.63, 3.8) is 0 Å². The van der Waals surface area contributed by atoms with Gasteiger partial charge >= 0.3 is 0 Å². The molecular formula is C13H16N2O2. The van der Waals surface area contributed by atoms with Crippen LogP contribution in [-0.4, -0.2) is 25.1 Å². The molecule has 1 aromatic rings. The maximum atomic E-state index is 11.7. The number of nitrogens with zero attached hydrogens (tertiary/aromatic N) is 1. The lowest BCUT2D eigenvalue weighted by atomic mass is 10.3. The van der Waals surface area contributed by atoms with E-state index in [1.54, 1.807) is 11.0 Å². The zero-order valence-electron chi connectivity index (χ0n) is 9.63. The van der Waals surface area contributed by atoms with Gasteiger partial charge in [-0.15, -0.1) is 0 Å². The number of carbonyl (C=O) groups is 1. The molecular weight excluding hydrogens is 216 g/mol. The van der Waals surface area contributed by atoms with Crippen LogP contribution in [-0.2, 0) is 4.79 Å². The quantitative estimate of drug-likeness (QED) is 0.796. The number of anilines is 1. The predicted molar refractivity (Wildman–Crippen MR) is 67.1 cm³/mol. The zero-order valence-corrected chi connectivity index (χ0v) is 9.63. The van der Waals surface area contributed by atoms with Gasteiger partial charge in [0.2, 0.25) is 5.91 Å². The topological polar surface area (TPSA) is 55.6 Å². The summed E-state index contributed by atoms with van der Waals surface area (Å²) >= 11 is 0. The van der Waals surface area contributed by atoms with Gasteiger partial charge in [-0.05, 0) is 12.1 Å². The third kappa shape index (κ3) is 2.65. The fourth-order valence-corrected chi connectivity index (χ4v) is 1.88. The highest BCUT2D eigenvalue weighted by atomic mass is 16.5. The first-order chi connectivity index (χ1) is 8.20. The second kappa shape index (κ2) is 5.01. The highest BCUT2D eigenvalue weighted by Crippen LogP contribution is 2.25. The maximum absolute atomic E-state index is 11.7. The molecule has 0 radical (unpaired) electrons. The van der Waals surface area contributed by atoms with Crippen LogP contribution in [0.25, 0.3) is 0 Å². The monoisotopic (exact) mass is 232 g/mol. The Kier molecular flexibility index (Phi) is 3.44. The van der Waals surface area contributed by atoms with Crippen LogP contribution >= 0.6 is 0 Å². The molecule has 2 rings (SSSR count). The minimum Gasteiger partial charge on any atom is -0.489 e. The van der Waals surface area contributed by atoms with Crippen molar-refractivity contribution in [3.8, 4) is 5.75 Å². The Bertz CT molecular complexity index is 431. The Morgan fingerprint density at radius 2 is 2.41 bits per heavy atom. The molecule has 1 aliphatic rings. The highest BCUT2D eigenvalue weighted by molar-refractivity contribution is 5.96. The molecule has 1 saturated heterocycles. The first kappa shape index (κ1) is 11.7. The molecule has 1 atom stereocenters. The van der Waals surface area contributed by atoms with E-state index in [-0.39, 0.29) is 11.9 Å². The molecule has 0 bridgehead atoms. The molecule has 4 nitrogen and oxygen atoms in total. The van der Waals surface area contributed by atoms with Crippen molar-refractivity contribution in [1.82, 2.24) is 0 Å². The molecule has 0 aliphatic carbocycles. The Labute approximate surface area is 101 Å². The van der Waals surface area contributed by atoms with E-state index in [9.17, 15) is 4.79 Å². The van der Waals surface area contributed by atoms with Crippen molar-refractivity contribution in [3.05, 3.63) is 36.9 Å². The van der Waals surface area contributed by atoms with Gasteiger partial charge in [0, 0.05) is 30.8 Å². The standard InChI is InChI=1S/C13H16N2O2/c1-2-6-17-12-5-3-4-11(8-12)15-9-10(14)7-13(15)16/h2-5,8,10H,1,6-7,9,14H2. The van der Waals surface area contributed by atoms with Gasteiger partial charge < -0.3 is 15.4 Å². The molecule has 1 fully saturated rings. The lowest BCUT2D eigenvalue weighted by Crippen LogP contribution is -2.27. The minimum atomic E-state index is -0.0692. The molecule has 1 heterocycles. The van der Waals surface area contributed by atoms with Crippen LogP contribution in [0.15, 0.2) is 36.9 Å². The molecule has 0 saturated carbocycles. The Morgan fingerprint density at radius 1 is 1.59 bits per heavy atom. The van der Waals surface area contributed by atoms with Crippen LogP contribution in [0, 0.1) is 0 Å². The summed E-state index contributed by atoms with van der Waals surface area (Å²) in [6.07, 6.45) is 2.10. The molecule has 1 amide bonds. The number of ether oxygens (including phenoxy) is 1. The van der Waals surface area contributed by atoms with Crippen molar-refractivity contribution in [2.75, 3.05) is 18.1 Å². The number of benzene rings is 1.